The first kappa shape index (κ1) is 17.8. The Morgan fingerprint density at radius 1 is 1.19 bits per heavy atom. The van der Waals surface area contributed by atoms with Crippen molar-refractivity contribution in [2.45, 2.75) is 18.4 Å². The number of sulfone groups is 1. The van der Waals surface area contributed by atoms with E-state index in [9.17, 15) is 18.0 Å². The Morgan fingerprint density at radius 3 is 2.69 bits per heavy atom. The molecule has 0 saturated carbocycles. The molecule has 3 rings (SSSR count). The Balaban J connectivity index is 1.82. The molecular formula is C18H16N2O5S. The second kappa shape index (κ2) is 6.72. The monoisotopic (exact) mass is 372 g/mol. The Labute approximate surface area is 149 Å². The molecule has 0 aliphatic rings. The van der Waals surface area contributed by atoms with Crippen LogP contribution in [-0.4, -0.2) is 30.0 Å². The number of fused-ring (bicyclic) bond motifs is 1. The average Bonchev–Trinajstić information content (AvgIpc) is 2.58. The van der Waals surface area contributed by atoms with Gasteiger partial charge in [-0.2, -0.15) is 0 Å². The van der Waals surface area contributed by atoms with Crippen LogP contribution in [0.5, 0.6) is 0 Å². The molecule has 0 fully saturated rings. The van der Waals surface area contributed by atoms with E-state index in [0.717, 1.165) is 11.8 Å². The first-order chi connectivity index (χ1) is 12.2. The maximum absolute atomic E-state index is 12.2. The molecule has 0 amide bonds. The number of pyridine rings is 1. The number of benzene rings is 1. The summed E-state index contributed by atoms with van der Waals surface area (Å²) in [5, 5.41) is 0. The van der Waals surface area contributed by atoms with Crippen LogP contribution in [0.4, 0.5) is 0 Å². The Kier molecular flexibility index (Phi) is 4.60. The molecule has 26 heavy (non-hydrogen) atoms. The van der Waals surface area contributed by atoms with Gasteiger partial charge in [0.05, 0.1) is 16.2 Å². The highest BCUT2D eigenvalue weighted by molar-refractivity contribution is 7.90. The highest BCUT2D eigenvalue weighted by Gasteiger charge is 2.13. The van der Waals surface area contributed by atoms with E-state index in [1.54, 1.807) is 18.3 Å². The first-order valence-electron chi connectivity index (χ1n) is 7.70. The van der Waals surface area contributed by atoms with Crippen molar-refractivity contribution in [2.24, 2.45) is 0 Å². The minimum Gasteiger partial charge on any atom is -0.456 e. The lowest BCUT2D eigenvalue weighted by Crippen LogP contribution is -2.16. The van der Waals surface area contributed by atoms with E-state index < -0.39 is 15.8 Å². The van der Waals surface area contributed by atoms with Gasteiger partial charge >= 0.3 is 5.97 Å². The molecule has 0 bridgehead atoms. The third-order valence-corrected chi connectivity index (χ3v) is 4.84. The van der Waals surface area contributed by atoms with Gasteiger partial charge in [-0.05, 0) is 42.8 Å². The molecule has 1 aromatic carbocycles. The Hall–Kier alpha value is -3.00. The van der Waals surface area contributed by atoms with E-state index in [1.165, 1.54) is 34.7 Å². The van der Waals surface area contributed by atoms with E-state index in [-0.39, 0.29) is 22.6 Å². The summed E-state index contributed by atoms with van der Waals surface area (Å²) in [5.74, 6) is -0.693. The predicted molar refractivity (Wildman–Crippen MR) is 94.9 cm³/mol. The lowest BCUT2D eigenvalue weighted by Gasteiger charge is -2.07. The number of esters is 1. The summed E-state index contributed by atoms with van der Waals surface area (Å²) in [6.07, 6.45) is 2.69. The summed E-state index contributed by atoms with van der Waals surface area (Å²) in [5.41, 5.74) is 1.56. The van der Waals surface area contributed by atoms with Crippen LogP contribution in [0.15, 0.2) is 58.4 Å². The van der Waals surface area contributed by atoms with Gasteiger partial charge in [-0.15, -0.1) is 0 Å². The van der Waals surface area contributed by atoms with Crippen molar-refractivity contribution < 1.29 is 17.9 Å². The van der Waals surface area contributed by atoms with Gasteiger partial charge in [-0.1, -0.05) is 6.07 Å². The van der Waals surface area contributed by atoms with E-state index in [1.807, 2.05) is 6.92 Å². The fraction of sp³-hybridized carbons (Fsp3) is 0.167. The van der Waals surface area contributed by atoms with Crippen LogP contribution < -0.4 is 5.56 Å². The molecule has 8 heteroatoms. The molecule has 0 spiro atoms. The third kappa shape index (κ3) is 3.80. The summed E-state index contributed by atoms with van der Waals surface area (Å²) in [7, 11) is -3.42. The van der Waals surface area contributed by atoms with Gasteiger partial charge in [0, 0.05) is 18.5 Å². The van der Waals surface area contributed by atoms with Crippen LogP contribution in [-0.2, 0) is 21.2 Å². The van der Waals surface area contributed by atoms with Gasteiger partial charge in [-0.3, -0.25) is 9.20 Å². The SMILES string of the molecule is Cc1ccn2c(=O)cc(COC(=O)c3cccc(S(C)(=O)=O)c3)nc2c1. The van der Waals surface area contributed by atoms with Crippen molar-refractivity contribution in [3.8, 4) is 0 Å². The van der Waals surface area contributed by atoms with Crippen molar-refractivity contribution in [1.29, 1.82) is 0 Å². The molecule has 0 saturated heterocycles. The maximum Gasteiger partial charge on any atom is 0.338 e. The molecule has 0 aliphatic carbocycles. The van der Waals surface area contributed by atoms with Crippen LogP contribution in [0.1, 0.15) is 21.6 Å². The van der Waals surface area contributed by atoms with Crippen LogP contribution in [0.2, 0.25) is 0 Å². The van der Waals surface area contributed by atoms with E-state index >= 15 is 0 Å². The summed E-state index contributed by atoms with van der Waals surface area (Å²) < 4.78 is 29.7. The fourth-order valence-corrected chi connectivity index (χ4v) is 3.07. The molecule has 0 N–H and O–H groups in total. The van der Waals surface area contributed by atoms with Gasteiger partial charge in [0.15, 0.2) is 9.84 Å². The fourth-order valence-electron chi connectivity index (χ4n) is 2.40. The van der Waals surface area contributed by atoms with Gasteiger partial charge < -0.3 is 4.74 Å². The first-order valence-corrected chi connectivity index (χ1v) is 9.59. The summed E-state index contributed by atoms with van der Waals surface area (Å²) in [4.78, 5) is 28.6. The normalized spacial score (nSPS) is 11.5. The Morgan fingerprint density at radius 2 is 1.96 bits per heavy atom. The molecular weight excluding hydrogens is 356 g/mol. The van der Waals surface area contributed by atoms with Gasteiger partial charge in [-0.25, -0.2) is 18.2 Å². The highest BCUT2D eigenvalue weighted by atomic mass is 32.2. The van der Waals surface area contributed by atoms with E-state index in [0.29, 0.717) is 11.3 Å². The highest BCUT2D eigenvalue weighted by Crippen LogP contribution is 2.13. The van der Waals surface area contributed by atoms with Crippen molar-refractivity contribution in [3.05, 3.63) is 75.8 Å². The number of hydrogen-bond donors (Lipinski definition) is 0. The Bertz CT molecular complexity index is 1170. The number of hydrogen-bond acceptors (Lipinski definition) is 6. The number of carbonyl (C=O) groups excluding carboxylic acids is 1. The van der Waals surface area contributed by atoms with Crippen molar-refractivity contribution in [2.75, 3.05) is 6.26 Å². The van der Waals surface area contributed by atoms with E-state index in [2.05, 4.69) is 4.98 Å². The lowest BCUT2D eigenvalue weighted by molar-refractivity contribution is 0.0467. The van der Waals surface area contributed by atoms with Gasteiger partial charge in [0.25, 0.3) is 5.56 Å². The minimum atomic E-state index is -3.42. The van der Waals surface area contributed by atoms with Crippen LogP contribution in [0, 0.1) is 6.92 Å². The second-order valence-corrected chi connectivity index (χ2v) is 7.91. The third-order valence-electron chi connectivity index (χ3n) is 3.72. The number of ether oxygens (including phenoxy) is 1. The van der Waals surface area contributed by atoms with Crippen molar-refractivity contribution in [1.82, 2.24) is 9.38 Å². The van der Waals surface area contributed by atoms with Crippen LogP contribution in [0.3, 0.4) is 0 Å². The lowest BCUT2D eigenvalue weighted by atomic mass is 10.2. The molecule has 2 heterocycles. The van der Waals surface area contributed by atoms with E-state index in [4.69, 9.17) is 4.74 Å². The summed E-state index contributed by atoms with van der Waals surface area (Å²) in [6, 6.07) is 10.4. The second-order valence-electron chi connectivity index (χ2n) is 5.89. The molecule has 3 aromatic rings. The zero-order chi connectivity index (χ0) is 18.9. The number of aryl methyl sites for hydroxylation is 1. The molecule has 0 unspecified atom stereocenters. The van der Waals surface area contributed by atoms with Crippen molar-refractivity contribution >= 4 is 21.5 Å². The molecule has 0 atom stereocenters. The number of aromatic nitrogens is 2. The largest absolute Gasteiger partial charge is 0.456 e. The maximum atomic E-state index is 12.2. The van der Waals surface area contributed by atoms with Crippen LogP contribution in [0.25, 0.3) is 5.65 Å². The number of rotatable bonds is 4. The average molecular weight is 372 g/mol. The molecule has 0 radical (unpaired) electrons. The van der Waals surface area contributed by atoms with Gasteiger partial charge in [0.2, 0.25) is 0 Å². The smallest absolute Gasteiger partial charge is 0.338 e. The number of carbonyl (C=O) groups is 1. The predicted octanol–water partition coefficient (Wildman–Crippen LogP) is 1.76. The summed E-state index contributed by atoms with van der Waals surface area (Å²) in [6.45, 7) is 1.69. The standard InChI is InChI=1S/C18H16N2O5S/c1-12-6-7-20-16(8-12)19-14(10-17(20)21)11-25-18(22)13-4-3-5-15(9-13)26(2,23)24/h3-10H,11H2,1-2H3. The zero-order valence-corrected chi connectivity index (χ0v) is 15.0. The zero-order valence-electron chi connectivity index (χ0n) is 14.2. The number of nitrogens with zero attached hydrogens (tertiary/aromatic N) is 2. The van der Waals surface area contributed by atoms with Crippen molar-refractivity contribution in [3.63, 3.8) is 0 Å². The topological polar surface area (TPSA) is 94.8 Å². The molecule has 134 valence electrons. The quantitative estimate of drug-likeness (QED) is 0.648. The van der Waals surface area contributed by atoms with Gasteiger partial charge in [0.1, 0.15) is 12.3 Å². The van der Waals surface area contributed by atoms with Crippen LogP contribution >= 0.6 is 0 Å². The molecule has 0 aliphatic heterocycles. The molecule has 7 nitrogen and oxygen atoms in total. The summed E-state index contributed by atoms with van der Waals surface area (Å²) >= 11 is 0. The minimum absolute atomic E-state index is 0.0319. The molecule has 2 aromatic heterocycles.